The van der Waals surface area contributed by atoms with E-state index in [1.165, 1.54) is 116 Å². The van der Waals surface area contributed by atoms with E-state index in [4.69, 9.17) is 0 Å². The lowest BCUT2D eigenvalue weighted by atomic mass is 10.0. The highest BCUT2D eigenvalue weighted by Gasteiger charge is 2.04. The summed E-state index contributed by atoms with van der Waals surface area (Å²) in [5.74, 6) is 0.252. The second-order valence-electron chi connectivity index (χ2n) is 9.24. The molecule has 30 heavy (non-hydrogen) atoms. The van der Waals surface area contributed by atoms with E-state index < -0.39 is 0 Å². The Hall–Kier alpha value is -0.570. The molecule has 0 aromatic heterocycles. The van der Waals surface area contributed by atoms with Crippen molar-refractivity contribution in [2.75, 3.05) is 26.2 Å². The fraction of sp³-hybridized carbons (Fsp3) is 0.963. The van der Waals surface area contributed by atoms with E-state index in [2.05, 4.69) is 31.0 Å². The van der Waals surface area contributed by atoms with Crippen LogP contribution in [0.25, 0.3) is 0 Å². The van der Waals surface area contributed by atoms with Crippen molar-refractivity contribution in [2.45, 2.75) is 143 Å². The van der Waals surface area contributed by atoms with Crippen LogP contribution in [0.5, 0.6) is 0 Å². The molecule has 0 atom stereocenters. The number of carbonyl (C=O) groups excluding carboxylic acids is 1. The summed E-state index contributed by atoms with van der Waals surface area (Å²) in [6.07, 6.45) is 24.8. The van der Waals surface area contributed by atoms with E-state index in [-0.39, 0.29) is 5.91 Å². The highest BCUT2D eigenvalue weighted by molar-refractivity contribution is 5.75. The van der Waals surface area contributed by atoms with Gasteiger partial charge in [0.15, 0.2) is 0 Å². The van der Waals surface area contributed by atoms with Crippen LogP contribution in [0.3, 0.4) is 0 Å². The summed E-state index contributed by atoms with van der Waals surface area (Å²) in [6.45, 7) is 11.1. The molecule has 0 heterocycles. The van der Waals surface area contributed by atoms with Crippen LogP contribution in [0, 0.1) is 0 Å². The largest absolute Gasteiger partial charge is 0.356 e. The Labute approximate surface area is 190 Å². The number of rotatable bonds is 24. The van der Waals surface area contributed by atoms with Crippen LogP contribution >= 0.6 is 0 Å². The summed E-state index contributed by atoms with van der Waals surface area (Å²) in [5.41, 5.74) is 0. The van der Waals surface area contributed by atoms with Crippen molar-refractivity contribution >= 4 is 5.91 Å². The molecule has 0 rings (SSSR count). The Kier molecular flexibility index (Phi) is 24.2. The van der Waals surface area contributed by atoms with Gasteiger partial charge in [-0.2, -0.15) is 0 Å². The molecule has 0 aliphatic rings. The van der Waals surface area contributed by atoms with Crippen molar-refractivity contribution in [3.63, 3.8) is 0 Å². The van der Waals surface area contributed by atoms with Gasteiger partial charge < -0.3 is 10.2 Å². The summed E-state index contributed by atoms with van der Waals surface area (Å²) in [6, 6.07) is 0. The van der Waals surface area contributed by atoms with Crippen molar-refractivity contribution in [1.29, 1.82) is 0 Å². The van der Waals surface area contributed by atoms with Crippen LogP contribution in [0.1, 0.15) is 143 Å². The lowest BCUT2D eigenvalue weighted by Gasteiger charge is -2.20. The Balaban J connectivity index is 3.28. The number of hydrogen-bond donors (Lipinski definition) is 1. The van der Waals surface area contributed by atoms with E-state index in [0.717, 1.165) is 25.9 Å². The molecule has 0 aromatic carbocycles. The number of hydrogen-bond acceptors (Lipinski definition) is 2. The summed E-state index contributed by atoms with van der Waals surface area (Å²) >= 11 is 0. The molecule has 0 aliphatic carbocycles. The summed E-state index contributed by atoms with van der Waals surface area (Å²) in [4.78, 5) is 14.5. The topological polar surface area (TPSA) is 32.3 Å². The molecule has 3 heteroatoms. The average molecular weight is 425 g/mol. The molecule has 0 saturated carbocycles. The maximum absolute atomic E-state index is 11.9. The van der Waals surface area contributed by atoms with Crippen molar-refractivity contribution in [1.82, 2.24) is 10.2 Å². The molecular formula is C27H56N2O. The van der Waals surface area contributed by atoms with Gasteiger partial charge in [-0.25, -0.2) is 0 Å². The van der Waals surface area contributed by atoms with E-state index >= 15 is 0 Å². The normalized spacial score (nSPS) is 11.3. The molecule has 0 fully saturated rings. The second kappa shape index (κ2) is 24.7. The first-order valence-electron chi connectivity index (χ1n) is 13.7. The van der Waals surface area contributed by atoms with Crippen molar-refractivity contribution in [3.05, 3.63) is 0 Å². The van der Waals surface area contributed by atoms with Gasteiger partial charge in [-0.1, -0.05) is 111 Å². The zero-order valence-electron chi connectivity index (χ0n) is 21.1. The monoisotopic (exact) mass is 424 g/mol. The molecular weight excluding hydrogens is 368 g/mol. The van der Waals surface area contributed by atoms with Gasteiger partial charge in [-0.05, 0) is 45.3 Å². The number of carbonyl (C=O) groups is 1. The van der Waals surface area contributed by atoms with Crippen LogP contribution in [0.2, 0.25) is 0 Å². The summed E-state index contributed by atoms with van der Waals surface area (Å²) < 4.78 is 0. The van der Waals surface area contributed by atoms with Crippen LogP contribution < -0.4 is 5.32 Å². The molecule has 0 spiro atoms. The Morgan fingerprint density at radius 1 is 0.533 bits per heavy atom. The van der Waals surface area contributed by atoms with Gasteiger partial charge in [0.2, 0.25) is 5.91 Å². The smallest absolute Gasteiger partial charge is 0.219 e. The molecule has 0 unspecified atom stereocenters. The highest BCUT2D eigenvalue weighted by atomic mass is 16.1. The molecule has 0 aromatic rings. The Morgan fingerprint density at radius 2 is 0.967 bits per heavy atom. The van der Waals surface area contributed by atoms with Crippen LogP contribution in [0.4, 0.5) is 0 Å². The molecule has 0 radical (unpaired) electrons. The van der Waals surface area contributed by atoms with Gasteiger partial charge in [0.25, 0.3) is 0 Å². The molecule has 1 amide bonds. The third-order valence-corrected chi connectivity index (χ3v) is 6.06. The highest BCUT2D eigenvalue weighted by Crippen LogP contribution is 2.13. The van der Waals surface area contributed by atoms with Crippen LogP contribution in [-0.4, -0.2) is 37.0 Å². The Bertz CT molecular complexity index is 340. The minimum atomic E-state index is 0.252. The first-order valence-corrected chi connectivity index (χ1v) is 13.7. The zero-order valence-corrected chi connectivity index (χ0v) is 21.1. The van der Waals surface area contributed by atoms with Gasteiger partial charge >= 0.3 is 0 Å². The molecule has 0 aliphatic heterocycles. The van der Waals surface area contributed by atoms with Gasteiger partial charge in [0.1, 0.15) is 0 Å². The molecule has 3 nitrogen and oxygen atoms in total. The summed E-state index contributed by atoms with van der Waals surface area (Å²) in [7, 11) is 0. The third kappa shape index (κ3) is 22.1. The second-order valence-corrected chi connectivity index (χ2v) is 9.24. The van der Waals surface area contributed by atoms with Gasteiger partial charge in [0.05, 0.1) is 0 Å². The first-order chi connectivity index (χ1) is 14.7. The fourth-order valence-electron chi connectivity index (χ4n) is 4.24. The molecule has 0 saturated heterocycles. The number of nitrogens with zero attached hydrogens (tertiary/aromatic N) is 1. The van der Waals surface area contributed by atoms with Crippen LogP contribution in [0.15, 0.2) is 0 Å². The predicted molar refractivity (Wildman–Crippen MR) is 134 cm³/mol. The number of nitrogens with one attached hydrogen (secondary N) is 1. The zero-order chi connectivity index (χ0) is 22.1. The fourth-order valence-corrected chi connectivity index (χ4v) is 4.24. The average Bonchev–Trinajstić information content (AvgIpc) is 2.74. The first kappa shape index (κ1) is 29.4. The molecule has 180 valence electrons. The van der Waals surface area contributed by atoms with Crippen molar-refractivity contribution in [2.24, 2.45) is 0 Å². The van der Waals surface area contributed by atoms with Crippen molar-refractivity contribution < 1.29 is 4.79 Å². The predicted octanol–water partition coefficient (Wildman–Crippen LogP) is 7.88. The minimum absolute atomic E-state index is 0.252. The lowest BCUT2D eigenvalue weighted by molar-refractivity contribution is -0.121. The maximum Gasteiger partial charge on any atom is 0.219 e. The SMILES string of the molecule is CCCCCCCCCCCCCCCCCC(=O)NCCCN(CCC)CCC. The lowest BCUT2D eigenvalue weighted by Crippen LogP contribution is -2.31. The third-order valence-electron chi connectivity index (χ3n) is 6.06. The Morgan fingerprint density at radius 3 is 1.40 bits per heavy atom. The quantitative estimate of drug-likeness (QED) is 0.160. The van der Waals surface area contributed by atoms with E-state index in [0.29, 0.717) is 6.42 Å². The van der Waals surface area contributed by atoms with Gasteiger partial charge in [-0.15, -0.1) is 0 Å². The van der Waals surface area contributed by atoms with Crippen molar-refractivity contribution in [3.8, 4) is 0 Å². The maximum atomic E-state index is 11.9. The van der Waals surface area contributed by atoms with E-state index in [1.54, 1.807) is 0 Å². The van der Waals surface area contributed by atoms with E-state index in [9.17, 15) is 4.79 Å². The van der Waals surface area contributed by atoms with Gasteiger partial charge in [0, 0.05) is 13.0 Å². The van der Waals surface area contributed by atoms with Crippen LogP contribution in [-0.2, 0) is 4.79 Å². The minimum Gasteiger partial charge on any atom is -0.356 e. The number of amides is 1. The standard InChI is InChI=1S/C27H56N2O/c1-4-7-8-9-10-11-12-13-14-15-16-17-18-19-20-22-27(30)28-23-21-26-29(24-5-2)25-6-3/h4-26H2,1-3H3,(H,28,30). The summed E-state index contributed by atoms with van der Waals surface area (Å²) in [5, 5.41) is 3.11. The molecule has 0 bridgehead atoms. The van der Waals surface area contributed by atoms with E-state index in [1.807, 2.05) is 0 Å². The van der Waals surface area contributed by atoms with Gasteiger partial charge in [-0.3, -0.25) is 4.79 Å². The number of unbranched alkanes of at least 4 members (excludes halogenated alkanes) is 14. The molecule has 1 N–H and O–H groups in total.